The minimum atomic E-state index is -0.440. The normalized spacial score (nSPS) is 10.5. The molecule has 2 N–H and O–H groups in total. The summed E-state index contributed by atoms with van der Waals surface area (Å²) in [7, 11) is 0. The lowest BCUT2D eigenvalue weighted by Crippen LogP contribution is -2.09. The third-order valence-corrected chi connectivity index (χ3v) is 2.27. The molecule has 1 aromatic heterocycles. The molecule has 0 fully saturated rings. The Morgan fingerprint density at radius 1 is 1.46 bits per heavy atom. The molecule has 0 aliphatic heterocycles. The van der Waals surface area contributed by atoms with Gasteiger partial charge in [-0.05, 0) is 28.1 Å². The SMILES string of the molecule is O=c1nc2cccc(O)c2c(Br)[nH]1. The van der Waals surface area contributed by atoms with Gasteiger partial charge in [-0.15, -0.1) is 0 Å². The number of benzene rings is 1. The van der Waals surface area contributed by atoms with Gasteiger partial charge >= 0.3 is 5.69 Å². The average Bonchev–Trinajstić information content (AvgIpc) is 2.02. The van der Waals surface area contributed by atoms with Crippen molar-refractivity contribution in [2.45, 2.75) is 0 Å². The third kappa shape index (κ3) is 1.31. The summed E-state index contributed by atoms with van der Waals surface area (Å²) in [5, 5.41) is 9.97. The van der Waals surface area contributed by atoms with Gasteiger partial charge in [0, 0.05) is 0 Å². The van der Waals surface area contributed by atoms with Gasteiger partial charge < -0.3 is 5.11 Å². The number of halogens is 1. The van der Waals surface area contributed by atoms with Crippen molar-refractivity contribution in [2.24, 2.45) is 0 Å². The largest absolute Gasteiger partial charge is 0.507 e. The first-order chi connectivity index (χ1) is 6.18. The molecular formula is C8H5BrN2O2. The van der Waals surface area contributed by atoms with Crippen LogP contribution in [0.1, 0.15) is 0 Å². The van der Waals surface area contributed by atoms with Gasteiger partial charge in [0.1, 0.15) is 5.75 Å². The molecule has 2 aromatic rings. The van der Waals surface area contributed by atoms with E-state index in [2.05, 4.69) is 25.9 Å². The molecule has 0 saturated carbocycles. The predicted octanol–water partition coefficient (Wildman–Crippen LogP) is 1.39. The number of fused-ring (bicyclic) bond motifs is 1. The first-order valence-electron chi connectivity index (χ1n) is 3.56. The number of aromatic hydroxyl groups is 1. The summed E-state index contributed by atoms with van der Waals surface area (Å²) in [6.45, 7) is 0. The quantitative estimate of drug-likeness (QED) is 0.685. The van der Waals surface area contributed by atoms with Crippen LogP contribution in [0.5, 0.6) is 5.75 Å². The number of H-pyrrole nitrogens is 1. The lowest BCUT2D eigenvalue weighted by Gasteiger charge is -2.00. The summed E-state index contributed by atoms with van der Waals surface area (Å²) in [6, 6.07) is 4.83. The van der Waals surface area contributed by atoms with Gasteiger partial charge in [-0.25, -0.2) is 4.79 Å². The minimum Gasteiger partial charge on any atom is -0.507 e. The summed E-state index contributed by atoms with van der Waals surface area (Å²) in [5.74, 6) is 0.0909. The van der Waals surface area contributed by atoms with Crippen LogP contribution in [0, 0.1) is 0 Å². The fourth-order valence-corrected chi connectivity index (χ4v) is 1.72. The van der Waals surface area contributed by atoms with Crippen molar-refractivity contribution in [1.82, 2.24) is 9.97 Å². The van der Waals surface area contributed by atoms with Crippen LogP contribution >= 0.6 is 15.9 Å². The lowest BCUT2D eigenvalue weighted by molar-refractivity contribution is 0.481. The first-order valence-corrected chi connectivity index (χ1v) is 4.35. The zero-order valence-corrected chi connectivity index (χ0v) is 8.00. The van der Waals surface area contributed by atoms with Gasteiger partial charge in [0.2, 0.25) is 0 Å². The Kier molecular flexibility index (Phi) is 1.81. The van der Waals surface area contributed by atoms with Crippen LogP contribution < -0.4 is 5.69 Å². The highest BCUT2D eigenvalue weighted by atomic mass is 79.9. The van der Waals surface area contributed by atoms with Crippen LogP contribution in [0.25, 0.3) is 10.9 Å². The highest BCUT2D eigenvalue weighted by molar-refractivity contribution is 9.10. The molecule has 2 rings (SSSR count). The van der Waals surface area contributed by atoms with E-state index in [0.29, 0.717) is 15.5 Å². The molecule has 0 bridgehead atoms. The number of aromatic nitrogens is 2. The second-order valence-electron chi connectivity index (χ2n) is 2.53. The number of rotatable bonds is 0. The van der Waals surface area contributed by atoms with Crippen molar-refractivity contribution in [3.05, 3.63) is 33.3 Å². The monoisotopic (exact) mass is 240 g/mol. The zero-order chi connectivity index (χ0) is 9.42. The lowest BCUT2D eigenvalue weighted by atomic mass is 10.2. The van der Waals surface area contributed by atoms with E-state index in [9.17, 15) is 9.90 Å². The Balaban J connectivity index is 3.03. The fourth-order valence-electron chi connectivity index (χ4n) is 1.14. The molecule has 66 valence electrons. The smallest absolute Gasteiger partial charge is 0.346 e. The van der Waals surface area contributed by atoms with Crippen molar-refractivity contribution >= 4 is 26.8 Å². The Hall–Kier alpha value is -1.36. The maximum absolute atomic E-state index is 10.9. The predicted molar refractivity (Wildman–Crippen MR) is 51.7 cm³/mol. The second kappa shape index (κ2) is 2.85. The van der Waals surface area contributed by atoms with Crippen molar-refractivity contribution in [2.75, 3.05) is 0 Å². The Morgan fingerprint density at radius 2 is 2.23 bits per heavy atom. The summed E-state index contributed by atoms with van der Waals surface area (Å²) in [5.41, 5.74) is 0.0283. The van der Waals surface area contributed by atoms with Crippen LogP contribution in [0.3, 0.4) is 0 Å². The number of hydrogen-bond donors (Lipinski definition) is 2. The standard InChI is InChI=1S/C8H5BrN2O2/c9-7-6-4(10-8(13)11-7)2-1-3-5(6)12/h1-3,12H,(H,10,11,13). The van der Waals surface area contributed by atoms with E-state index in [1.165, 1.54) is 6.07 Å². The van der Waals surface area contributed by atoms with E-state index < -0.39 is 5.69 Å². The van der Waals surface area contributed by atoms with Crippen molar-refractivity contribution in [3.8, 4) is 5.75 Å². The van der Waals surface area contributed by atoms with Crippen LogP contribution in [-0.4, -0.2) is 15.1 Å². The average molecular weight is 241 g/mol. The Bertz CT molecular complexity index is 521. The third-order valence-electron chi connectivity index (χ3n) is 1.68. The maximum Gasteiger partial charge on any atom is 0.346 e. The van der Waals surface area contributed by atoms with Gasteiger partial charge in [-0.1, -0.05) is 6.07 Å². The van der Waals surface area contributed by atoms with Crippen molar-refractivity contribution in [3.63, 3.8) is 0 Å². The maximum atomic E-state index is 10.9. The van der Waals surface area contributed by atoms with Crippen LogP contribution in [-0.2, 0) is 0 Å². The Morgan fingerprint density at radius 3 is 3.00 bits per heavy atom. The number of aromatic amines is 1. The molecule has 0 spiro atoms. The topological polar surface area (TPSA) is 66.0 Å². The fraction of sp³-hybridized carbons (Fsp3) is 0. The van der Waals surface area contributed by atoms with E-state index in [0.717, 1.165) is 0 Å². The minimum absolute atomic E-state index is 0.0909. The molecule has 0 aliphatic rings. The molecule has 1 aromatic carbocycles. The van der Waals surface area contributed by atoms with Crippen molar-refractivity contribution in [1.29, 1.82) is 0 Å². The van der Waals surface area contributed by atoms with E-state index >= 15 is 0 Å². The number of phenols is 1. The molecule has 5 heteroatoms. The molecule has 0 saturated heterocycles. The van der Waals surface area contributed by atoms with Crippen LogP contribution in [0.2, 0.25) is 0 Å². The highest BCUT2D eigenvalue weighted by Crippen LogP contribution is 2.27. The molecule has 1 heterocycles. The van der Waals surface area contributed by atoms with E-state index in [1.54, 1.807) is 12.1 Å². The summed E-state index contributed by atoms with van der Waals surface area (Å²) >= 11 is 3.14. The summed E-state index contributed by atoms with van der Waals surface area (Å²) in [6.07, 6.45) is 0. The van der Waals surface area contributed by atoms with E-state index in [-0.39, 0.29) is 5.75 Å². The molecule has 13 heavy (non-hydrogen) atoms. The number of nitrogens with one attached hydrogen (secondary N) is 1. The van der Waals surface area contributed by atoms with Gasteiger partial charge in [0.05, 0.1) is 15.5 Å². The summed E-state index contributed by atoms with van der Waals surface area (Å²) < 4.78 is 0.445. The van der Waals surface area contributed by atoms with Crippen LogP contribution in [0.4, 0.5) is 0 Å². The van der Waals surface area contributed by atoms with E-state index in [1.807, 2.05) is 0 Å². The van der Waals surface area contributed by atoms with E-state index in [4.69, 9.17) is 0 Å². The second-order valence-corrected chi connectivity index (χ2v) is 3.32. The molecule has 0 amide bonds. The Labute approximate surface area is 81.4 Å². The van der Waals surface area contributed by atoms with Gasteiger partial charge in [0.25, 0.3) is 0 Å². The zero-order valence-electron chi connectivity index (χ0n) is 6.41. The summed E-state index contributed by atoms with van der Waals surface area (Å²) in [4.78, 5) is 17.1. The highest BCUT2D eigenvalue weighted by Gasteiger charge is 2.05. The number of nitrogens with zero attached hydrogens (tertiary/aromatic N) is 1. The van der Waals surface area contributed by atoms with Gasteiger partial charge in [-0.2, -0.15) is 4.98 Å². The van der Waals surface area contributed by atoms with Crippen LogP contribution in [0.15, 0.2) is 27.6 Å². The van der Waals surface area contributed by atoms with Gasteiger partial charge in [0.15, 0.2) is 0 Å². The van der Waals surface area contributed by atoms with Crippen molar-refractivity contribution < 1.29 is 5.11 Å². The molecule has 0 unspecified atom stereocenters. The molecule has 0 aliphatic carbocycles. The molecule has 0 atom stereocenters. The first kappa shape index (κ1) is 8.25. The number of hydrogen-bond acceptors (Lipinski definition) is 3. The molecule has 0 radical (unpaired) electrons. The van der Waals surface area contributed by atoms with Gasteiger partial charge in [-0.3, -0.25) is 4.98 Å². The molecular weight excluding hydrogens is 236 g/mol. The number of phenolic OH excluding ortho intramolecular Hbond substituents is 1. The molecule has 4 nitrogen and oxygen atoms in total.